The van der Waals surface area contributed by atoms with Crippen molar-refractivity contribution in [2.24, 2.45) is 0 Å². The van der Waals surface area contributed by atoms with Crippen LogP contribution in [0.4, 0.5) is 0 Å². The Morgan fingerprint density at radius 3 is 2.68 bits per heavy atom. The van der Waals surface area contributed by atoms with Gasteiger partial charge in [0.05, 0.1) is 11.6 Å². The van der Waals surface area contributed by atoms with Crippen LogP contribution in [0, 0.1) is 0 Å². The molecule has 1 aromatic carbocycles. The van der Waals surface area contributed by atoms with E-state index in [1.54, 1.807) is 4.90 Å². The lowest BCUT2D eigenvalue weighted by Gasteiger charge is -2.26. The molecule has 0 unspecified atom stereocenters. The number of aromatic nitrogens is 4. The normalized spacial score (nSPS) is 15.3. The van der Waals surface area contributed by atoms with Crippen molar-refractivity contribution in [2.75, 3.05) is 13.1 Å². The minimum atomic E-state index is -0.0909. The summed E-state index contributed by atoms with van der Waals surface area (Å²) in [6.07, 6.45) is 0.577. The van der Waals surface area contributed by atoms with Crippen molar-refractivity contribution in [1.82, 2.24) is 25.1 Å². The number of hydrogen-bond acceptors (Lipinski definition) is 4. The standard InChI is InChI=1S/C14H13Cl2N5O/c15-11-6-7-20(8-12(11)16)13(22)9-21-14(17-18-19-21)10-4-2-1-3-5-10/h1-5H,6-9H2. The Morgan fingerprint density at radius 2 is 1.95 bits per heavy atom. The lowest BCUT2D eigenvalue weighted by atomic mass is 10.2. The van der Waals surface area contributed by atoms with Gasteiger partial charge >= 0.3 is 0 Å². The molecule has 1 aliphatic rings. The molecule has 0 radical (unpaired) electrons. The first-order valence-corrected chi connectivity index (χ1v) is 7.53. The topological polar surface area (TPSA) is 63.9 Å². The van der Waals surface area contributed by atoms with Crippen LogP contribution in [0.15, 0.2) is 40.4 Å². The van der Waals surface area contributed by atoms with Crippen LogP contribution in [0.1, 0.15) is 6.42 Å². The molecule has 1 amide bonds. The van der Waals surface area contributed by atoms with E-state index in [0.29, 0.717) is 35.4 Å². The van der Waals surface area contributed by atoms with E-state index < -0.39 is 0 Å². The third-order valence-electron chi connectivity index (χ3n) is 3.43. The van der Waals surface area contributed by atoms with Crippen LogP contribution in [-0.2, 0) is 11.3 Å². The van der Waals surface area contributed by atoms with Crippen molar-refractivity contribution in [3.8, 4) is 11.4 Å². The Hall–Kier alpha value is -1.92. The number of benzene rings is 1. The zero-order chi connectivity index (χ0) is 15.5. The zero-order valence-electron chi connectivity index (χ0n) is 11.6. The summed E-state index contributed by atoms with van der Waals surface area (Å²) in [4.78, 5) is 14.0. The van der Waals surface area contributed by atoms with Crippen LogP contribution >= 0.6 is 23.2 Å². The number of carbonyl (C=O) groups excluding carboxylic acids is 1. The average Bonchev–Trinajstić information content (AvgIpc) is 2.99. The van der Waals surface area contributed by atoms with Gasteiger partial charge in [-0.05, 0) is 10.4 Å². The molecule has 0 fully saturated rings. The molecule has 0 saturated heterocycles. The SMILES string of the molecule is O=C(Cn1nnnc1-c1ccccc1)N1CCC(Cl)=C(Cl)C1. The fourth-order valence-electron chi connectivity index (χ4n) is 2.25. The van der Waals surface area contributed by atoms with E-state index in [9.17, 15) is 4.79 Å². The van der Waals surface area contributed by atoms with Crippen LogP contribution in [0.3, 0.4) is 0 Å². The first-order valence-electron chi connectivity index (χ1n) is 6.77. The molecule has 0 bridgehead atoms. The molecule has 22 heavy (non-hydrogen) atoms. The van der Waals surface area contributed by atoms with E-state index in [0.717, 1.165) is 5.56 Å². The first kappa shape index (κ1) is 15.0. The van der Waals surface area contributed by atoms with Crippen LogP contribution < -0.4 is 0 Å². The summed E-state index contributed by atoms with van der Waals surface area (Å²) < 4.78 is 1.49. The number of tetrazole rings is 1. The Kier molecular flexibility index (Phi) is 4.40. The molecule has 0 spiro atoms. The van der Waals surface area contributed by atoms with E-state index in [2.05, 4.69) is 15.5 Å². The highest BCUT2D eigenvalue weighted by Gasteiger charge is 2.22. The summed E-state index contributed by atoms with van der Waals surface area (Å²) in [6.45, 7) is 0.956. The van der Waals surface area contributed by atoms with Gasteiger partial charge in [0, 0.05) is 23.6 Å². The van der Waals surface area contributed by atoms with Gasteiger partial charge in [-0.1, -0.05) is 53.5 Å². The van der Waals surface area contributed by atoms with Gasteiger partial charge in [0.1, 0.15) is 6.54 Å². The highest BCUT2D eigenvalue weighted by molar-refractivity contribution is 6.39. The van der Waals surface area contributed by atoms with Crippen molar-refractivity contribution in [3.05, 3.63) is 40.4 Å². The molecule has 1 aliphatic heterocycles. The molecule has 8 heteroatoms. The summed E-state index contributed by atoms with van der Waals surface area (Å²) in [5, 5.41) is 12.7. The summed E-state index contributed by atoms with van der Waals surface area (Å²) in [5.74, 6) is 0.470. The monoisotopic (exact) mass is 337 g/mol. The van der Waals surface area contributed by atoms with Crippen LogP contribution in [0.25, 0.3) is 11.4 Å². The lowest BCUT2D eigenvalue weighted by molar-refractivity contribution is -0.131. The highest BCUT2D eigenvalue weighted by Crippen LogP contribution is 2.24. The summed E-state index contributed by atoms with van der Waals surface area (Å²) in [6, 6.07) is 9.50. The molecular weight excluding hydrogens is 325 g/mol. The lowest BCUT2D eigenvalue weighted by Crippen LogP contribution is -2.38. The Labute approximate surface area is 137 Å². The number of hydrogen-bond donors (Lipinski definition) is 0. The third kappa shape index (κ3) is 3.13. The Balaban J connectivity index is 1.75. The fourth-order valence-corrected chi connectivity index (χ4v) is 2.63. The number of nitrogens with zero attached hydrogens (tertiary/aromatic N) is 5. The van der Waals surface area contributed by atoms with Crippen molar-refractivity contribution < 1.29 is 4.79 Å². The number of rotatable bonds is 3. The van der Waals surface area contributed by atoms with Crippen LogP contribution in [-0.4, -0.2) is 44.1 Å². The fraction of sp³-hybridized carbons (Fsp3) is 0.286. The number of halogens is 2. The molecular formula is C14H13Cl2N5O. The minimum Gasteiger partial charge on any atom is -0.335 e. The second kappa shape index (κ2) is 6.46. The minimum absolute atomic E-state index is 0.0685. The molecule has 0 atom stereocenters. The van der Waals surface area contributed by atoms with E-state index in [1.807, 2.05) is 30.3 Å². The molecule has 2 aromatic rings. The van der Waals surface area contributed by atoms with Gasteiger partial charge in [0.2, 0.25) is 5.91 Å². The largest absolute Gasteiger partial charge is 0.335 e. The molecule has 114 valence electrons. The molecule has 1 aromatic heterocycles. The summed E-state index contributed by atoms with van der Waals surface area (Å²) in [7, 11) is 0. The zero-order valence-corrected chi connectivity index (χ0v) is 13.1. The smallest absolute Gasteiger partial charge is 0.244 e. The van der Waals surface area contributed by atoms with Gasteiger partial charge < -0.3 is 4.90 Å². The van der Waals surface area contributed by atoms with Gasteiger partial charge in [-0.15, -0.1) is 5.10 Å². The average molecular weight is 338 g/mol. The number of carbonyl (C=O) groups is 1. The maximum atomic E-state index is 12.4. The predicted molar refractivity (Wildman–Crippen MR) is 83.2 cm³/mol. The van der Waals surface area contributed by atoms with E-state index in [4.69, 9.17) is 23.2 Å². The van der Waals surface area contributed by atoms with Gasteiger partial charge in [-0.3, -0.25) is 4.79 Å². The third-order valence-corrected chi connectivity index (χ3v) is 4.29. The van der Waals surface area contributed by atoms with Gasteiger partial charge in [0.25, 0.3) is 0 Å². The van der Waals surface area contributed by atoms with E-state index in [-0.39, 0.29) is 12.5 Å². The first-order chi connectivity index (χ1) is 10.6. The summed E-state index contributed by atoms with van der Waals surface area (Å²) >= 11 is 12.0. The molecule has 0 N–H and O–H groups in total. The van der Waals surface area contributed by atoms with Crippen molar-refractivity contribution in [1.29, 1.82) is 0 Å². The summed E-state index contributed by atoms with van der Waals surface area (Å²) in [5.41, 5.74) is 0.861. The van der Waals surface area contributed by atoms with Gasteiger partial charge in [-0.2, -0.15) is 0 Å². The second-order valence-corrected chi connectivity index (χ2v) is 5.81. The molecule has 0 saturated carbocycles. The molecule has 3 rings (SSSR count). The van der Waals surface area contributed by atoms with Crippen LogP contribution in [0.5, 0.6) is 0 Å². The van der Waals surface area contributed by atoms with E-state index in [1.165, 1.54) is 4.68 Å². The predicted octanol–water partition coefficient (Wildman–Crippen LogP) is 2.26. The molecule has 6 nitrogen and oxygen atoms in total. The van der Waals surface area contributed by atoms with E-state index >= 15 is 0 Å². The van der Waals surface area contributed by atoms with Crippen molar-refractivity contribution in [3.63, 3.8) is 0 Å². The maximum absolute atomic E-state index is 12.4. The molecule has 2 heterocycles. The van der Waals surface area contributed by atoms with Gasteiger partial charge in [0.15, 0.2) is 5.82 Å². The number of amides is 1. The Morgan fingerprint density at radius 1 is 1.18 bits per heavy atom. The van der Waals surface area contributed by atoms with Gasteiger partial charge in [-0.25, -0.2) is 4.68 Å². The Bertz CT molecular complexity index is 713. The maximum Gasteiger partial charge on any atom is 0.244 e. The van der Waals surface area contributed by atoms with Crippen LogP contribution in [0.2, 0.25) is 0 Å². The van der Waals surface area contributed by atoms with Crippen molar-refractivity contribution >= 4 is 29.1 Å². The van der Waals surface area contributed by atoms with Crippen molar-refractivity contribution in [2.45, 2.75) is 13.0 Å². The second-order valence-electron chi connectivity index (χ2n) is 4.90. The molecule has 0 aliphatic carbocycles. The quantitative estimate of drug-likeness (QED) is 0.861. The highest BCUT2D eigenvalue weighted by atomic mass is 35.5.